The number of carbonyl (C=O) groups excluding carboxylic acids is 2. The standard InChI is InChI=1S/C35H37FN4O3/c1-24-5-4-6-26(21-24)27-9-14-33(38-23-27)43-30-16-19-40(20-17-30)35(42)32-22-28(36)10-13-31(32)34(41)37-18-15-25-7-11-29(12-8-25)39(2)3/h4-14,21-23,30H,15-20H2,1-3H3,(H,37,41). The molecular weight excluding hydrogens is 543 g/mol. The van der Waals surface area contributed by atoms with Crippen molar-refractivity contribution in [2.75, 3.05) is 38.6 Å². The molecule has 222 valence electrons. The number of pyridine rings is 1. The molecule has 2 amide bonds. The number of halogens is 1. The van der Waals surface area contributed by atoms with Gasteiger partial charge in [0, 0.05) is 70.1 Å². The van der Waals surface area contributed by atoms with Crippen LogP contribution in [0.2, 0.25) is 0 Å². The van der Waals surface area contributed by atoms with Crippen LogP contribution in [-0.2, 0) is 6.42 Å². The lowest BCUT2D eigenvalue weighted by Gasteiger charge is -2.32. The predicted molar refractivity (Wildman–Crippen MR) is 167 cm³/mol. The van der Waals surface area contributed by atoms with Gasteiger partial charge in [-0.3, -0.25) is 9.59 Å². The summed E-state index contributed by atoms with van der Waals surface area (Å²) < 4.78 is 20.3. The number of aryl methyl sites for hydroxylation is 1. The molecule has 0 radical (unpaired) electrons. The van der Waals surface area contributed by atoms with Crippen molar-refractivity contribution < 1.29 is 18.7 Å². The van der Waals surface area contributed by atoms with Crippen molar-refractivity contribution in [3.63, 3.8) is 0 Å². The lowest BCUT2D eigenvalue weighted by Crippen LogP contribution is -2.42. The summed E-state index contributed by atoms with van der Waals surface area (Å²) in [7, 11) is 3.97. The number of carbonyl (C=O) groups is 2. The Kier molecular flexibility index (Phi) is 9.35. The molecule has 5 rings (SSSR count). The normalized spacial score (nSPS) is 13.4. The number of anilines is 1. The quantitative estimate of drug-likeness (QED) is 0.266. The number of benzene rings is 3. The van der Waals surface area contributed by atoms with Gasteiger partial charge >= 0.3 is 0 Å². The summed E-state index contributed by atoms with van der Waals surface area (Å²) in [5.74, 6) is -0.770. The second-order valence-electron chi connectivity index (χ2n) is 11.1. The molecule has 0 atom stereocenters. The van der Waals surface area contributed by atoms with Crippen molar-refractivity contribution in [2.45, 2.75) is 32.3 Å². The second kappa shape index (κ2) is 13.5. The molecular formula is C35H37FN4O3. The van der Waals surface area contributed by atoms with Crippen LogP contribution in [0.5, 0.6) is 5.88 Å². The van der Waals surface area contributed by atoms with Crippen LogP contribution in [0.25, 0.3) is 11.1 Å². The van der Waals surface area contributed by atoms with Crippen LogP contribution in [0.4, 0.5) is 10.1 Å². The molecule has 1 aromatic heterocycles. The zero-order chi connectivity index (χ0) is 30.3. The number of nitrogens with one attached hydrogen (secondary N) is 1. The summed E-state index contributed by atoms with van der Waals surface area (Å²) in [6, 6.07) is 24.0. The average molecular weight is 581 g/mol. The van der Waals surface area contributed by atoms with Crippen LogP contribution in [0.15, 0.2) is 85.1 Å². The maximum atomic E-state index is 14.2. The summed E-state index contributed by atoms with van der Waals surface area (Å²) >= 11 is 0. The van der Waals surface area contributed by atoms with Crippen molar-refractivity contribution in [2.24, 2.45) is 0 Å². The van der Waals surface area contributed by atoms with E-state index >= 15 is 0 Å². The number of piperidine rings is 1. The Morgan fingerprint density at radius 2 is 1.72 bits per heavy atom. The first-order valence-corrected chi connectivity index (χ1v) is 14.6. The number of likely N-dealkylation sites (tertiary alicyclic amines) is 1. The Morgan fingerprint density at radius 1 is 0.953 bits per heavy atom. The van der Waals surface area contributed by atoms with Gasteiger partial charge in [0.05, 0.1) is 11.1 Å². The van der Waals surface area contributed by atoms with E-state index in [-0.39, 0.29) is 23.1 Å². The molecule has 1 fully saturated rings. The molecule has 0 aliphatic carbocycles. The van der Waals surface area contributed by atoms with Crippen LogP contribution < -0.4 is 15.0 Å². The second-order valence-corrected chi connectivity index (χ2v) is 11.1. The molecule has 0 bridgehead atoms. The van der Waals surface area contributed by atoms with Crippen LogP contribution in [-0.4, -0.2) is 61.5 Å². The lowest BCUT2D eigenvalue weighted by atomic mass is 10.0. The zero-order valence-electron chi connectivity index (χ0n) is 24.8. The minimum atomic E-state index is -0.556. The van der Waals surface area contributed by atoms with Crippen molar-refractivity contribution in [3.8, 4) is 17.0 Å². The van der Waals surface area contributed by atoms with Gasteiger partial charge in [0.2, 0.25) is 5.88 Å². The smallest absolute Gasteiger partial charge is 0.254 e. The molecule has 4 aromatic rings. The molecule has 0 spiro atoms. The van der Waals surface area contributed by atoms with E-state index in [0.717, 1.165) is 28.4 Å². The number of aromatic nitrogens is 1. The van der Waals surface area contributed by atoms with E-state index in [2.05, 4.69) is 35.4 Å². The third-order valence-corrected chi connectivity index (χ3v) is 7.71. The Bertz CT molecular complexity index is 1560. The summed E-state index contributed by atoms with van der Waals surface area (Å²) in [4.78, 5) is 34.7. The molecule has 43 heavy (non-hydrogen) atoms. The number of amides is 2. The first kappa shape index (κ1) is 29.8. The topological polar surface area (TPSA) is 74.8 Å². The summed E-state index contributed by atoms with van der Waals surface area (Å²) in [5.41, 5.74) is 5.74. The van der Waals surface area contributed by atoms with E-state index in [4.69, 9.17) is 4.74 Å². The Balaban J connectivity index is 1.15. The van der Waals surface area contributed by atoms with Gasteiger partial charge in [-0.1, -0.05) is 42.0 Å². The van der Waals surface area contributed by atoms with Crippen molar-refractivity contribution in [3.05, 3.63) is 113 Å². The summed E-state index contributed by atoms with van der Waals surface area (Å²) in [6.07, 6.45) is 3.57. The highest BCUT2D eigenvalue weighted by molar-refractivity contribution is 6.07. The van der Waals surface area contributed by atoms with E-state index in [1.807, 2.05) is 61.5 Å². The summed E-state index contributed by atoms with van der Waals surface area (Å²) in [6.45, 7) is 3.33. The number of ether oxygens (including phenoxy) is 1. The van der Waals surface area contributed by atoms with Crippen LogP contribution in [0.3, 0.4) is 0 Å². The Morgan fingerprint density at radius 3 is 2.40 bits per heavy atom. The molecule has 1 aliphatic rings. The first-order valence-electron chi connectivity index (χ1n) is 14.6. The fourth-order valence-electron chi connectivity index (χ4n) is 5.23. The van der Waals surface area contributed by atoms with Gasteiger partial charge in [-0.15, -0.1) is 0 Å². The Labute approximate surface area is 252 Å². The maximum absolute atomic E-state index is 14.2. The fraction of sp³-hybridized carbons (Fsp3) is 0.286. The number of nitrogens with zero attached hydrogens (tertiary/aromatic N) is 3. The van der Waals surface area contributed by atoms with Gasteiger partial charge in [-0.2, -0.15) is 0 Å². The van der Waals surface area contributed by atoms with Gasteiger partial charge in [0.25, 0.3) is 11.8 Å². The third kappa shape index (κ3) is 7.57. The Hall–Kier alpha value is -4.72. The highest BCUT2D eigenvalue weighted by Crippen LogP contribution is 2.24. The van der Waals surface area contributed by atoms with Gasteiger partial charge in [0.1, 0.15) is 11.9 Å². The van der Waals surface area contributed by atoms with Gasteiger partial charge in [0.15, 0.2) is 0 Å². The van der Waals surface area contributed by atoms with E-state index in [9.17, 15) is 14.0 Å². The molecule has 1 aliphatic heterocycles. The van der Waals surface area contributed by atoms with Gasteiger partial charge in [-0.05, 0) is 60.9 Å². The van der Waals surface area contributed by atoms with E-state index in [1.165, 1.54) is 17.7 Å². The van der Waals surface area contributed by atoms with Crippen molar-refractivity contribution in [1.82, 2.24) is 15.2 Å². The van der Waals surface area contributed by atoms with Crippen molar-refractivity contribution >= 4 is 17.5 Å². The zero-order valence-corrected chi connectivity index (χ0v) is 24.8. The number of rotatable bonds is 9. The minimum Gasteiger partial charge on any atom is -0.474 e. The van der Waals surface area contributed by atoms with Gasteiger partial charge in [-0.25, -0.2) is 9.37 Å². The van der Waals surface area contributed by atoms with Crippen LogP contribution >= 0.6 is 0 Å². The highest BCUT2D eigenvalue weighted by Gasteiger charge is 2.28. The molecule has 1 saturated heterocycles. The molecule has 1 N–H and O–H groups in total. The monoisotopic (exact) mass is 580 g/mol. The first-order chi connectivity index (χ1) is 20.8. The highest BCUT2D eigenvalue weighted by atomic mass is 19.1. The van der Waals surface area contributed by atoms with E-state index < -0.39 is 11.7 Å². The summed E-state index contributed by atoms with van der Waals surface area (Å²) in [5, 5.41) is 2.88. The number of hydrogen-bond acceptors (Lipinski definition) is 5. The molecule has 0 unspecified atom stereocenters. The van der Waals surface area contributed by atoms with Crippen LogP contribution in [0, 0.1) is 12.7 Å². The molecule has 2 heterocycles. The maximum Gasteiger partial charge on any atom is 0.254 e. The average Bonchev–Trinajstić information content (AvgIpc) is 3.01. The largest absolute Gasteiger partial charge is 0.474 e. The number of hydrogen-bond donors (Lipinski definition) is 1. The minimum absolute atomic E-state index is 0.0700. The lowest BCUT2D eigenvalue weighted by molar-refractivity contribution is 0.0584. The van der Waals surface area contributed by atoms with E-state index in [1.54, 1.807) is 11.1 Å². The third-order valence-electron chi connectivity index (χ3n) is 7.71. The molecule has 8 heteroatoms. The molecule has 0 saturated carbocycles. The van der Waals surface area contributed by atoms with E-state index in [0.29, 0.717) is 44.8 Å². The SMILES string of the molecule is Cc1cccc(-c2ccc(OC3CCN(C(=O)c4cc(F)ccc4C(=O)NCCc4ccc(N(C)C)cc4)CC3)nc2)c1. The van der Waals surface area contributed by atoms with Crippen molar-refractivity contribution in [1.29, 1.82) is 0 Å². The predicted octanol–water partition coefficient (Wildman–Crippen LogP) is 5.92. The van der Waals surface area contributed by atoms with Crippen LogP contribution in [0.1, 0.15) is 44.7 Å². The molecule has 3 aromatic carbocycles. The van der Waals surface area contributed by atoms with Gasteiger partial charge < -0.3 is 19.9 Å². The molecule has 7 nitrogen and oxygen atoms in total. The fourth-order valence-corrected chi connectivity index (χ4v) is 5.23.